The van der Waals surface area contributed by atoms with Gasteiger partial charge in [0.15, 0.2) is 0 Å². The molecule has 3 heteroatoms. The van der Waals surface area contributed by atoms with Crippen molar-refractivity contribution in [3.05, 3.63) is 0 Å². The molecule has 0 aromatic carbocycles. The second-order valence-electron chi connectivity index (χ2n) is 3.65. The third kappa shape index (κ3) is 2.12. The van der Waals surface area contributed by atoms with E-state index in [1.807, 2.05) is 0 Å². The van der Waals surface area contributed by atoms with E-state index in [2.05, 4.69) is 22.6 Å². The quantitative estimate of drug-likeness (QED) is 0.541. The van der Waals surface area contributed by atoms with Crippen molar-refractivity contribution in [1.82, 2.24) is 0 Å². The molecule has 0 radical (unpaired) electrons. The van der Waals surface area contributed by atoms with Crippen LogP contribution in [0.3, 0.4) is 0 Å². The van der Waals surface area contributed by atoms with Crippen LogP contribution in [0.4, 0.5) is 0 Å². The van der Waals surface area contributed by atoms with Crippen LogP contribution in [0.1, 0.15) is 19.3 Å². The van der Waals surface area contributed by atoms with E-state index < -0.39 is 0 Å². The van der Waals surface area contributed by atoms with Crippen molar-refractivity contribution in [2.45, 2.75) is 29.3 Å². The van der Waals surface area contributed by atoms with Gasteiger partial charge in [0.05, 0.1) is 12.7 Å². The molecule has 2 nitrogen and oxygen atoms in total. The molecule has 3 unspecified atom stereocenters. The van der Waals surface area contributed by atoms with Crippen molar-refractivity contribution in [1.29, 1.82) is 0 Å². The lowest BCUT2D eigenvalue weighted by Crippen LogP contribution is -2.32. The normalized spacial score (nSPS) is 43.2. The third-order valence-corrected chi connectivity index (χ3v) is 3.87. The monoisotopic (exact) mass is 282 g/mol. The van der Waals surface area contributed by atoms with E-state index >= 15 is 0 Å². The topological polar surface area (TPSA) is 18.5 Å². The lowest BCUT2D eigenvalue weighted by molar-refractivity contribution is -0.0185. The second kappa shape index (κ2) is 4.24. The fourth-order valence-electron chi connectivity index (χ4n) is 1.96. The van der Waals surface area contributed by atoms with Crippen molar-refractivity contribution in [2.75, 3.05) is 19.8 Å². The fourth-order valence-corrected chi connectivity index (χ4v) is 2.72. The smallest absolute Gasteiger partial charge is 0.0636 e. The first-order valence-electron chi connectivity index (χ1n) is 4.69. The molecule has 3 atom stereocenters. The van der Waals surface area contributed by atoms with E-state index in [1.54, 1.807) is 0 Å². The van der Waals surface area contributed by atoms with Crippen LogP contribution < -0.4 is 0 Å². The van der Waals surface area contributed by atoms with Crippen LogP contribution in [0.15, 0.2) is 0 Å². The van der Waals surface area contributed by atoms with Gasteiger partial charge in [-0.15, -0.1) is 0 Å². The van der Waals surface area contributed by atoms with Gasteiger partial charge in [0.1, 0.15) is 0 Å². The zero-order valence-corrected chi connectivity index (χ0v) is 9.33. The molecule has 0 bridgehead atoms. The van der Waals surface area contributed by atoms with E-state index in [0.717, 1.165) is 23.7 Å². The van der Waals surface area contributed by atoms with Crippen molar-refractivity contribution in [2.24, 2.45) is 5.92 Å². The summed E-state index contributed by atoms with van der Waals surface area (Å²) in [4.78, 5) is 0. The Morgan fingerprint density at radius 1 is 1.17 bits per heavy atom. The number of alkyl halides is 1. The number of hydrogen-bond acceptors (Lipinski definition) is 2. The molecule has 2 rings (SSSR count). The highest BCUT2D eigenvalue weighted by atomic mass is 127. The van der Waals surface area contributed by atoms with Gasteiger partial charge in [0.2, 0.25) is 0 Å². The summed E-state index contributed by atoms with van der Waals surface area (Å²) in [5, 5.41) is 0. The van der Waals surface area contributed by atoms with Crippen molar-refractivity contribution in [3.63, 3.8) is 0 Å². The molecule has 2 aliphatic rings. The Morgan fingerprint density at radius 2 is 2.08 bits per heavy atom. The van der Waals surface area contributed by atoms with Crippen LogP contribution in [-0.4, -0.2) is 29.8 Å². The maximum absolute atomic E-state index is 5.75. The van der Waals surface area contributed by atoms with Crippen LogP contribution in [0.5, 0.6) is 0 Å². The van der Waals surface area contributed by atoms with Gasteiger partial charge in [-0.2, -0.15) is 0 Å². The Morgan fingerprint density at radius 3 is 2.75 bits per heavy atom. The highest BCUT2D eigenvalue weighted by Gasteiger charge is 2.30. The number of ether oxygens (including phenoxy) is 2. The van der Waals surface area contributed by atoms with Crippen LogP contribution >= 0.6 is 22.6 Å². The van der Waals surface area contributed by atoms with Gasteiger partial charge in [0.25, 0.3) is 0 Å². The van der Waals surface area contributed by atoms with Crippen molar-refractivity contribution in [3.8, 4) is 0 Å². The predicted molar refractivity (Wildman–Crippen MR) is 55.7 cm³/mol. The van der Waals surface area contributed by atoms with Gasteiger partial charge in [-0.3, -0.25) is 0 Å². The molecule has 2 saturated heterocycles. The minimum atomic E-state index is 0.489. The average Bonchev–Trinajstić information content (AvgIpc) is 2.56. The first kappa shape index (κ1) is 9.21. The van der Waals surface area contributed by atoms with Crippen LogP contribution in [0.25, 0.3) is 0 Å². The Balaban J connectivity index is 1.85. The maximum atomic E-state index is 5.75. The lowest BCUT2D eigenvalue weighted by Gasteiger charge is -2.29. The predicted octanol–water partition coefficient (Wildman–Crippen LogP) is 2.01. The highest BCUT2D eigenvalue weighted by molar-refractivity contribution is 14.1. The van der Waals surface area contributed by atoms with E-state index in [4.69, 9.17) is 9.47 Å². The third-order valence-electron chi connectivity index (χ3n) is 2.74. The first-order valence-corrected chi connectivity index (χ1v) is 5.94. The molecule has 0 aromatic rings. The van der Waals surface area contributed by atoms with Crippen LogP contribution in [0.2, 0.25) is 0 Å². The molecular weight excluding hydrogens is 267 g/mol. The van der Waals surface area contributed by atoms with E-state index in [9.17, 15) is 0 Å². The summed E-state index contributed by atoms with van der Waals surface area (Å²) < 4.78 is 11.9. The van der Waals surface area contributed by atoms with E-state index in [0.29, 0.717) is 12.0 Å². The van der Waals surface area contributed by atoms with Crippen molar-refractivity contribution >= 4 is 22.6 Å². The van der Waals surface area contributed by atoms with Gasteiger partial charge in [0, 0.05) is 23.1 Å². The molecule has 0 N–H and O–H groups in total. The zero-order chi connectivity index (χ0) is 8.39. The Kier molecular flexibility index (Phi) is 3.26. The van der Waals surface area contributed by atoms with Gasteiger partial charge in [-0.05, 0) is 19.3 Å². The van der Waals surface area contributed by atoms with Crippen molar-refractivity contribution < 1.29 is 9.47 Å². The minimum absolute atomic E-state index is 0.489. The van der Waals surface area contributed by atoms with Gasteiger partial charge in [-0.1, -0.05) is 22.6 Å². The molecule has 0 amide bonds. The Hall–Kier alpha value is 0.650. The molecule has 2 aliphatic heterocycles. The SMILES string of the molecule is IC1CCOC(C2CCOC2)C1. The molecule has 0 saturated carbocycles. The number of rotatable bonds is 1. The van der Waals surface area contributed by atoms with E-state index in [-0.39, 0.29) is 0 Å². The van der Waals surface area contributed by atoms with Crippen LogP contribution in [0, 0.1) is 5.92 Å². The molecule has 12 heavy (non-hydrogen) atoms. The summed E-state index contributed by atoms with van der Waals surface area (Å²) in [6, 6.07) is 0. The summed E-state index contributed by atoms with van der Waals surface area (Å²) in [6.45, 7) is 2.82. The lowest BCUT2D eigenvalue weighted by atomic mass is 9.95. The summed E-state index contributed by atoms with van der Waals surface area (Å²) in [7, 11) is 0. The number of hydrogen-bond donors (Lipinski definition) is 0. The largest absolute Gasteiger partial charge is 0.381 e. The second-order valence-corrected chi connectivity index (χ2v) is 5.42. The molecule has 0 spiro atoms. The Labute approximate surface area is 87.1 Å². The van der Waals surface area contributed by atoms with E-state index in [1.165, 1.54) is 19.3 Å². The average molecular weight is 282 g/mol. The zero-order valence-electron chi connectivity index (χ0n) is 7.17. The maximum Gasteiger partial charge on any atom is 0.0636 e. The summed E-state index contributed by atoms with van der Waals surface area (Å²) in [6.07, 6.45) is 4.15. The summed E-state index contributed by atoms with van der Waals surface area (Å²) in [5.41, 5.74) is 0. The number of halogens is 1. The van der Waals surface area contributed by atoms with Crippen LogP contribution in [-0.2, 0) is 9.47 Å². The molecule has 70 valence electrons. The molecule has 2 heterocycles. The van der Waals surface area contributed by atoms with Gasteiger partial charge >= 0.3 is 0 Å². The molecular formula is C9H15IO2. The van der Waals surface area contributed by atoms with Gasteiger partial charge in [-0.25, -0.2) is 0 Å². The van der Waals surface area contributed by atoms with Gasteiger partial charge < -0.3 is 9.47 Å². The standard InChI is InChI=1S/C9H15IO2/c10-8-2-4-12-9(5-8)7-1-3-11-6-7/h7-9H,1-6H2. The summed E-state index contributed by atoms with van der Waals surface area (Å²) >= 11 is 2.54. The molecule has 2 fully saturated rings. The Bertz CT molecular complexity index is 145. The fraction of sp³-hybridized carbons (Fsp3) is 1.00. The summed E-state index contributed by atoms with van der Waals surface area (Å²) in [5.74, 6) is 0.683. The molecule has 0 aliphatic carbocycles. The highest BCUT2D eigenvalue weighted by Crippen LogP contribution is 2.29. The first-order chi connectivity index (χ1) is 5.86. The minimum Gasteiger partial charge on any atom is -0.381 e. The molecule has 0 aromatic heterocycles.